The first-order chi connectivity index (χ1) is 10.5. The Morgan fingerprint density at radius 1 is 1.27 bits per heavy atom. The molecule has 8 nitrogen and oxygen atoms in total. The molecule has 0 saturated carbocycles. The maximum atomic E-state index is 11.3. The molecule has 4 N–H and O–H groups in total. The summed E-state index contributed by atoms with van der Waals surface area (Å²) in [5.41, 5.74) is 11.0. The third-order valence-electron chi connectivity index (χ3n) is 2.96. The predicted octanol–water partition coefficient (Wildman–Crippen LogP) is 1.16. The highest BCUT2D eigenvalue weighted by molar-refractivity contribution is 5.91. The molecule has 0 aliphatic rings. The fourth-order valence-electron chi connectivity index (χ4n) is 1.97. The van der Waals surface area contributed by atoms with E-state index in [2.05, 4.69) is 4.98 Å². The molecule has 0 saturated heterocycles. The van der Waals surface area contributed by atoms with E-state index in [4.69, 9.17) is 25.4 Å². The number of nitrogens with two attached hydrogens (primary N) is 2. The zero-order valence-electron chi connectivity index (χ0n) is 11.8. The lowest BCUT2D eigenvalue weighted by molar-refractivity contribution is 0.0881. The molecule has 0 spiro atoms. The highest BCUT2D eigenvalue weighted by Gasteiger charge is 2.26. The van der Waals surface area contributed by atoms with Gasteiger partial charge in [0.05, 0.1) is 7.11 Å². The molecule has 0 aliphatic heterocycles. The van der Waals surface area contributed by atoms with Crippen LogP contribution in [0.25, 0.3) is 0 Å². The van der Waals surface area contributed by atoms with Crippen LogP contribution in [-0.4, -0.2) is 24.1 Å². The van der Waals surface area contributed by atoms with Crippen molar-refractivity contribution < 1.29 is 23.5 Å². The summed E-state index contributed by atoms with van der Waals surface area (Å²) >= 11 is 0. The Hall–Kier alpha value is -3.03. The second-order valence-corrected chi connectivity index (χ2v) is 4.41. The average molecular weight is 305 g/mol. The van der Waals surface area contributed by atoms with Gasteiger partial charge < -0.3 is 25.4 Å². The zero-order chi connectivity index (χ0) is 16.1. The molecule has 8 heteroatoms. The summed E-state index contributed by atoms with van der Waals surface area (Å²) in [6.07, 6.45) is -0.607. The number of aromatic nitrogens is 1. The van der Waals surface area contributed by atoms with Gasteiger partial charge in [0.25, 0.3) is 5.91 Å². The lowest BCUT2D eigenvalue weighted by Crippen LogP contribution is -2.22. The fraction of sp³-hybridized carbons (Fsp3) is 0.214. The van der Waals surface area contributed by atoms with Gasteiger partial charge in [0.15, 0.2) is 24.0 Å². The third-order valence-corrected chi connectivity index (χ3v) is 2.96. The van der Waals surface area contributed by atoms with Crippen molar-refractivity contribution in [1.29, 1.82) is 0 Å². The predicted molar refractivity (Wildman–Crippen MR) is 75.1 cm³/mol. The van der Waals surface area contributed by atoms with Crippen LogP contribution in [-0.2, 0) is 11.2 Å². The fourth-order valence-corrected chi connectivity index (χ4v) is 1.97. The minimum atomic E-state index is -0.995. The SMILES string of the molecule is COc1ccc(C[C@H](OC(N)=O)c2ocnc2C(N)=O)cc1. The van der Waals surface area contributed by atoms with Crippen molar-refractivity contribution in [3.05, 3.63) is 47.7 Å². The number of rotatable bonds is 6. The molecule has 22 heavy (non-hydrogen) atoms. The molecule has 0 bridgehead atoms. The number of primary amides is 2. The Kier molecular flexibility index (Phi) is 4.62. The number of oxazole rings is 1. The van der Waals surface area contributed by atoms with E-state index in [1.165, 1.54) is 0 Å². The Morgan fingerprint density at radius 2 is 1.95 bits per heavy atom. The maximum absolute atomic E-state index is 11.3. The molecule has 1 atom stereocenters. The topological polar surface area (TPSA) is 131 Å². The summed E-state index contributed by atoms with van der Waals surface area (Å²) < 4.78 is 15.2. The third kappa shape index (κ3) is 3.54. The van der Waals surface area contributed by atoms with Crippen LogP contribution in [0.4, 0.5) is 4.79 Å². The molecule has 0 radical (unpaired) electrons. The standard InChI is InChI=1S/C14H15N3O5/c1-20-9-4-2-8(3-5-9)6-10(22-14(16)19)12-11(13(15)18)17-7-21-12/h2-5,7,10H,6H2,1H3,(H2,15,18)(H2,16,19)/t10-/m0/s1. The minimum absolute atomic E-state index is 0.0575. The van der Waals surface area contributed by atoms with Gasteiger partial charge in [-0.2, -0.15) is 0 Å². The molecule has 0 unspecified atom stereocenters. The second kappa shape index (κ2) is 6.61. The van der Waals surface area contributed by atoms with Crippen molar-refractivity contribution in [1.82, 2.24) is 4.98 Å². The Bertz CT molecular complexity index is 665. The summed E-state index contributed by atoms with van der Waals surface area (Å²) in [6, 6.07) is 7.09. The van der Waals surface area contributed by atoms with Gasteiger partial charge in [-0.3, -0.25) is 4.79 Å². The first-order valence-electron chi connectivity index (χ1n) is 6.33. The average Bonchev–Trinajstić information content (AvgIpc) is 2.96. The molecule has 2 amide bonds. The maximum Gasteiger partial charge on any atom is 0.405 e. The highest BCUT2D eigenvalue weighted by atomic mass is 16.6. The molecule has 0 aliphatic carbocycles. The van der Waals surface area contributed by atoms with E-state index in [9.17, 15) is 9.59 Å². The zero-order valence-corrected chi connectivity index (χ0v) is 11.8. The summed E-state index contributed by atoms with van der Waals surface area (Å²) in [5.74, 6) is -0.0349. The number of ether oxygens (including phenoxy) is 2. The number of amides is 2. The quantitative estimate of drug-likeness (QED) is 0.823. The summed E-state index contributed by atoms with van der Waals surface area (Å²) in [4.78, 5) is 26.1. The van der Waals surface area contributed by atoms with Crippen LogP contribution >= 0.6 is 0 Å². The van der Waals surface area contributed by atoms with Gasteiger partial charge in [0, 0.05) is 6.42 Å². The molecule has 2 rings (SSSR count). The van der Waals surface area contributed by atoms with E-state index in [1.54, 1.807) is 31.4 Å². The van der Waals surface area contributed by atoms with Crippen molar-refractivity contribution in [2.24, 2.45) is 11.5 Å². The summed E-state index contributed by atoms with van der Waals surface area (Å²) in [5, 5.41) is 0. The van der Waals surface area contributed by atoms with Crippen molar-refractivity contribution in [2.75, 3.05) is 7.11 Å². The van der Waals surface area contributed by atoms with Crippen LogP contribution in [0.5, 0.6) is 5.75 Å². The molecular formula is C14H15N3O5. The van der Waals surface area contributed by atoms with E-state index in [0.29, 0.717) is 5.75 Å². The van der Waals surface area contributed by atoms with Crippen molar-refractivity contribution in [3.63, 3.8) is 0 Å². The number of carbonyl (C=O) groups is 2. The largest absolute Gasteiger partial charge is 0.497 e. The Morgan fingerprint density at radius 3 is 2.50 bits per heavy atom. The molecule has 1 heterocycles. The summed E-state index contributed by atoms with van der Waals surface area (Å²) in [6.45, 7) is 0. The number of hydrogen-bond donors (Lipinski definition) is 2. The number of carbonyl (C=O) groups excluding carboxylic acids is 2. The Balaban J connectivity index is 2.27. The van der Waals surface area contributed by atoms with Gasteiger partial charge in [-0.1, -0.05) is 12.1 Å². The lowest BCUT2D eigenvalue weighted by Gasteiger charge is -2.15. The first kappa shape index (κ1) is 15.4. The van der Waals surface area contributed by atoms with Crippen molar-refractivity contribution in [3.8, 4) is 5.75 Å². The number of nitrogens with zero attached hydrogens (tertiary/aromatic N) is 1. The van der Waals surface area contributed by atoms with Crippen molar-refractivity contribution in [2.45, 2.75) is 12.5 Å². The molecule has 2 aromatic rings. The van der Waals surface area contributed by atoms with Crippen LogP contribution in [0.2, 0.25) is 0 Å². The Labute approximate surface area is 126 Å². The molecule has 1 aromatic carbocycles. The smallest absolute Gasteiger partial charge is 0.405 e. The van der Waals surface area contributed by atoms with E-state index in [0.717, 1.165) is 12.0 Å². The van der Waals surface area contributed by atoms with E-state index in [1.807, 2.05) is 0 Å². The van der Waals surface area contributed by atoms with Crippen LogP contribution in [0.1, 0.15) is 27.9 Å². The van der Waals surface area contributed by atoms with E-state index in [-0.39, 0.29) is 17.9 Å². The van der Waals surface area contributed by atoms with Crippen LogP contribution in [0.3, 0.4) is 0 Å². The van der Waals surface area contributed by atoms with Crippen LogP contribution < -0.4 is 16.2 Å². The van der Waals surface area contributed by atoms with Gasteiger partial charge in [0.1, 0.15) is 5.75 Å². The van der Waals surface area contributed by atoms with Gasteiger partial charge >= 0.3 is 6.09 Å². The number of hydrogen-bond acceptors (Lipinski definition) is 6. The van der Waals surface area contributed by atoms with Gasteiger partial charge in [-0.05, 0) is 17.7 Å². The monoisotopic (exact) mass is 305 g/mol. The molecule has 1 aromatic heterocycles. The second-order valence-electron chi connectivity index (χ2n) is 4.41. The minimum Gasteiger partial charge on any atom is -0.497 e. The number of benzene rings is 1. The van der Waals surface area contributed by atoms with Crippen LogP contribution in [0.15, 0.2) is 35.1 Å². The van der Waals surface area contributed by atoms with Crippen molar-refractivity contribution >= 4 is 12.0 Å². The van der Waals surface area contributed by atoms with Gasteiger partial charge in [0.2, 0.25) is 0 Å². The van der Waals surface area contributed by atoms with Crippen LogP contribution in [0, 0.1) is 0 Å². The molecule has 116 valence electrons. The summed E-state index contributed by atoms with van der Waals surface area (Å²) in [7, 11) is 1.56. The number of methoxy groups -OCH3 is 1. The van der Waals surface area contributed by atoms with Gasteiger partial charge in [-0.15, -0.1) is 0 Å². The van der Waals surface area contributed by atoms with Gasteiger partial charge in [-0.25, -0.2) is 9.78 Å². The normalized spacial score (nSPS) is 11.7. The van der Waals surface area contributed by atoms with E-state index >= 15 is 0 Å². The van der Waals surface area contributed by atoms with E-state index < -0.39 is 18.1 Å². The highest BCUT2D eigenvalue weighted by Crippen LogP contribution is 2.26. The molecular weight excluding hydrogens is 290 g/mol. The lowest BCUT2D eigenvalue weighted by atomic mass is 10.0. The molecule has 0 fully saturated rings. The first-order valence-corrected chi connectivity index (χ1v) is 6.33.